The van der Waals surface area contributed by atoms with Crippen LogP contribution in [-0.4, -0.2) is 71.6 Å². The van der Waals surface area contributed by atoms with E-state index in [9.17, 15) is 22.8 Å². The molecule has 1 aliphatic carbocycles. The third kappa shape index (κ3) is 6.68. The second-order valence-corrected chi connectivity index (χ2v) is 11.9. The number of hydrogen-bond donors (Lipinski definition) is 1. The van der Waals surface area contributed by atoms with Crippen LogP contribution < -0.4 is 10.5 Å². The zero-order valence-electron chi connectivity index (χ0n) is 23.4. The molecule has 41 heavy (non-hydrogen) atoms. The normalized spacial score (nSPS) is 22.0. The van der Waals surface area contributed by atoms with Crippen molar-refractivity contribution in [2.75, 3.05) is 32.8 Å². The van der Waals surface area contributed by atoms with Crippen LogP contribution in [0.4, 0.5) is 13.2 Å². The fourth-order valence-corrected chi connectivity index (χ4v) is 6.62. The molecule has 0 radical (unpaired) electrons. The first-order valence-corrected chi connectivity index (χ1v) is 14.7. The Hall–Kier alpha value is -3.14. The number of nitrogens with zero attached hydrogens (tertiary/aromatic N) is 3. The summed E-state index contributed by atoms with van der Waals surface area (Å²) in [6, 6.07) is 10.4. The minimum Gasteiger partial charge on any atom is -0.477 e. The van der Waals surface area contributed by atoms with Crippen LogP contribution in [0, 0.1) is 11.3 Å². The summed E-state index contributed by atoms with van der Waals surface area (Å²) in [4.78, 5) is 32.5. The van der Waals surface area contributed by atoms with Crippen molar-refractivity contribution in [3.05, 3.63) is 48.2 Å². The Morgan fingerprint density at radius 2 is 1.61 bits per heavy atom. The number of rotatable bonds is 8. The van der Waals surface area contributed by atoms with Gasteiger partial charge in [-0.15, -0.1) is 0 Å². The average molecular weight is 573 g/mol. The highest BCUT2D eigenvalue weighted by atomic mass is 19.4. The number of piperidine rings is 1. The highest BCUT2D eigenvalue weighted by Crippen LogP contribution is 2.49. The second kappa shape index (κ2) is 12.4. The number of nitrogens with two attached hydrogens (primary N) is 1. The van der Waals surface area contributed by atoms with Crippen molar-refractivity contribution in [2.24, 2.45) is 17.1 Å². The zero-order valence-corrected chi connectivity index (χ0v) is 23.4. The fraction of sp³-hybridized carbons (Fsp3) is 0.581. The molecule has 5 rings (SSSR count). The van der Waals surface area contributed by atoms with E-state index < -0.39 is 23.5 Å². The second-order valence-electron chi connectivity index (χ2n) is 11.9. The molecule has 3 fully saturated rings. The number of carbonyl (C=O) groups is 2. The van der Waals surface area contributed by atoms with Crippen molar-refractivity contribution >= 4 is 11.8 Å². The number of pyridine rings is 1. The number of hydrogen-bond acceptors (Lipinski definition) is 5. The molecule has 0 spiro atoms. The molecule has 2 N–H and O–H groups in total. The van der Waals surface area contributed by atoms with Gasteiger partial charge in [-0.3, -0.25) is 9.59 Å². The van der Waals surface area contributed by atoms with E-state index in [2.05, 4.69) is 4.98 Å². The monoisotopic (exact) mass is 572 g/mol. The van der Waals surface area contributed by atoms with Gasteiger partial charge in [0.25, 0.3) is 5.91 Å². The lowest BCUT2D eigenvalue weighted by atomic mass is 9.72. The molecule has 1 aromatic carbocycles. The third-order valence-corrected chi connectivity index (χ3v) is 9.16. The first kappa shape index (κ1) is 29.4. The van der Waals surface area contributed by atoms with E-state index >= 15 is 0 Å². The molecular formula is C31H39F3N4O3. The van der Waals surface area contributed by atoms with Crippen LogP contribution in [0.25, 0.3) is 11.1 Å². The Labute approximate surface area is 239 Å². The van der Waals surface area contributed by atoms with Crippen LogP contribution in [0.5, 0.6) is 5.88 Å². The summed E-state index contributed by atoms with van der Waals surface area (Å²) in [5.41, 5.74) is 6.19. The summed E-state index contributed by atoms with van der Waals surface area (Å²) in [6.07, 6.45) is 3.30. The van der Waals surface area contributed by atoms with Crippen LogP contribution in [0.3, 0.4) is 0 Å². The van der Waals surface area contributed by atoms with Crippen molar-refractivity contribution in [1.82, 2.24) is 14.8 Å². The maximum Gasteiger partial charge on any atom is 0.395 e. The van der Waals surface area contributed by atoms with Crippen molar-refractivity contribution in [3.63, 3.8) is 0 Å². The van der Waals surface area contributed by atoms with Gasteiger partial charge in [-0.25, -0.2) is 4.98 Å². The van der Waals surface area contributed by atoms with Crippen LogP contribution in [0.15, 0.2) is 42.6 Å². The number of likely N-dealkylation sites (tertiary alicyclic amines) is 2. The molecule has 222 valence electrons. The summed E-state index contributed by atoms with van der Waals surface area (Å²) >= 11 is 0. The summed E-state index contributed by atoms with van der Waals surface area (Å²) in [5.74, 6) is 0.128. The Balaban J connectivity index is 1.09. The van der Waals surface area contributed by atoms with E-state index in [1.807, 2.05) is 23.1 Å². The molecule has 1 unspecified atom stereocenters. The molecule has 0 bridgehead atoms. The predicted molar refractivity (Wildman–Crippen MR) is 149 cm³/mol. The van der Waals surface area contributed by atoms with Gasteiger partial charge in [0, 0.05) is 36.5 Å². The number of alkyl halides is 3. The van der Waals surface area contributed by atoms with E-state index in [1.165, 1.54) is 0 Å². The molecule has 3 aliphatic rings. The molecule has 2 amide bonds. The van der Waals surface area contributed by atoms with Crippen LogP contribution in [0.1, 0.15) is 68.1 Å². The number of aromatic nitrogens is 1. The fourth-order valence-electron chi connectivity index (χ4n) is 6.62. The number of ether oxygens (including phenoxy) is 1. The minimum absolute atomic E-state index is 0.119. The molecule has 1 saturated carbocycles. The lowest BCUT2D eigenvalue weighted by molar-refractivity contribution is -0.240. The largest absolute Gasteiger partial charge is 0.477 e. The summed E-state index contributed by atoms with van der Waals surface area (Å²) in [6.45, 7) is 2.46. The third-order valence-electron chi connectivity index (χ3n) is 9.16. The van der Waals surface area contributed by atoms with Gasteiger partial charge in [0.1, 0.15) is 6.04 Å². The van der Waals surface area contributed by atoms with E-state index in [4.69, 9.17) is 10.5 Å². The molecule has 7 nitrogen and oxygen atoms in total. The molecular weight excluding hydrogens is 533 g/mol. The number of benzene rings is 1. The Bertz CT molecular complexity index is 1190. The number of amides is 2. The van der Waals surface area contributed by atoms with Gasteiger partial charge in [0.05, 0.1) is 12.0 Å². The molecule has 1 aromatic heterocycles. The lowest BCUT2D eigenvalue weighted by Crippen LogP contribution is -2.50. The van der Waals surface area contributed by atoms with Gasteiger partial charge < -0.3 is 20.3 Å². The van der Waals surface area contributed by atoms with Gasteiger partial charge in [0.2, 0.25) is 11.8 Å². The first-order valence-electron chi connectivity index (χ1n) is 14.7. The predicted octanol–water partition coefficient (Wildman–Crippen LogP) is 5.44. The van der Waals surface area contributed by atoms with E-state index in [0.29, 0.717) is 56.9 Å². The van der Waals surface area contributed by atoms with E-state index in [1.54, 1.807) is 29.3 Å². The maximum atomic E-state index is 13.9. The van der Waals surface area contributed by atoms with Crippen molar-refractivity contribution in [2.45, 2.75) is 70.0 Å². The molecule has 2 aliphatic heterocycles. The Morgan fingerprint density at radius 1 is 0.927 bits per heavy atom. The van der Waals surface area contributed by atoms with Gasteiger partial charge in [-0.1, -0.05) is 31.4 Å². The van der Waals surface area contributed by atoms with Crippen LogP contribution in [0.2, 0.25) is 0 Å². The van der Waals surface area contributed by atoms with Gasteiger partial charge >= 0.3 is 6.18 Å². The van der Waals surface area contributed by atoms with Crippen LogP contribution in [-0.2, 0) is 4.79 Å². The van der Waals surface area contributed by atoms with Gasteiger partial charge in [-0.05, 0) is 81.3 Å². The molecule has 3 heterocycles. The molecule has 2 aromatic rings. The topological polar surface area (TPSA) is 88.8 Å². The van der Waals surface area contributed by atoms with E-state index in [-0.39, 0.29) is 31.2 Å². The lowest BCUT2D eigenvalue weighted by Gasteiger charge is -2.44. The van der Waals surface area contributed by atoms with E-state index in [0.717, 1.165) is 36.8 Å². The highest BCUT2D eigenvalue weighted by molar-refractivity contribution is 5.98. The standard InChI is InChI=1S/C31H39F3N4O3/c32-31(33,34)30(14-2-1-3-15-30)21-37-17-12-22(13-18-37)20-41-27-11-10-25(19-36-27)23-6-8-24(9-7-23)29(40)38-16-4-5-26(38)28(35)39/h6-11,19,22,26H,1-5,12-18,20-21H2,(H2,35,39). The highest BCUT2D eigenvalue weighted by Gasteiger charge is 2.55. The SMILES string of the molecule is NC(=O)C1CCCN1C(=O)c1ccc(-c2ccc(OCC3CCN(CC4(C(F)(F)F)CCCCC4)CC3)nc2)cc1. The summed E-state index contributed by atoms with van der Waals surface area (Å²) < 4.78 is 47.7. The Morgan fingerprint density at radius 3 is 2.22 bits per heavy atom. The smallest absolute Gasteiger partial charge is 0.395 e. The minimum atomic E-state index is -4.14. The average Bonchev–Trinajstić information content (AvgIpc) is 3.48. The molecule has 2 saturated heterocycles. The summed E-state index contributed by atoms with van der Waals surface area (Å²) in [7, 11) is 0. The quantitative estimate of drug-likeness (QED) is 0.455. The van der Waals surface area contributed by atoms with Crippen LogP contribution >= 0.6 is 0 Å². The maximum absolute atomic E-state index is 13.9. The van der Waals surface area contributed by atoms with Crippen molar-refractivity contribution in [3.8, 4) is 17.0 Å². The first-order chi connectivity index (χ1) is 19.6. The number of carbonyl (C=O) groups excluding carboxylic acids is 2. The molecule has 10 heteroatoms. The number of primary amides is 1. The number of halogens is 3. The summed E-state index contributed by atoms with van der Waals surface area (Å²) in [5, 5.41) is 0. The molecule has 1 atom stereocenters. The van der Waals surface area contributed by atoms with Crippen molar-refractivity contribution < 1.29 is 27.5 Å². The Kier molecular flexibility index (Phi) is 8.87. The van der Waals surface area contributed by atoms with Crippen molar-refractivity contribution in [1.29, 1.82) is 0 Å². The zero-order chi connectivity index (χ0) is 29.0. The van der Waals surface area contributed by atoms with Gasteiger partial charge in [0.15, 0.2) is 0 Å². The van der Waals surface area contributed by atoms with Gasteiger partial charge in [-0.2, -0.15) is 13.2 Å².